The summed E-state index contributed by atoms with van der Waals surface area (Å²) >= 11 is 0. The minimum Gasteiger partial charge on any atom is -0.362 e. The van der Waals surface area contributed by atoms with Crippen molar-refractivity contribution in [2.75, 3.05) is 5.32 Å². The minimum atomic E-state index is 0.0209. The third-order valence-electron chi connectivity index (χ3n) is 3.65. The van der Waals surface area contributed by atoms with Gasteiger partial charge in [-0.05, 0) is 62.6 Å². The Bertz CT molecular complexity index is 699. The maximum atomic E-state index is 12.2. The van der Waals surface area contributed by atoms with Crippen molar-refractivity contribution in [2.45, 2.75) is 27.7 Å². The average Bonchev–Trinajstić information content (AvgIpc) is 2.45. The lowest BCUT2D eigenvalue weighted by Crippen LogP contribution is -2.00. The second kappa shape index (κ2) is 6.40. The normalized spacial score (nSPS) is 10.9. The SMILES string of the molecule is Cc1ccc(C)c(C(=O)/C=C/Nc2ccc(C)c(C)c2)c1. The maximum absolute atomic E-state index is 12.2. The summed E-state index contributed by atoms with van der Waals surface area (Å²) in [5, 5.41) is 3.15. The zero-order valence-corrected chi connectivity index (χ0v) is 13.0. The van der Waals surface area contributed by atoms with Crippen LogP contribution in [0.5, 0.6) is 0 Å². The van der Waals surface area contributed by atoms with Crippen LogP contribution in [0.15, 0.2) is 48.7 Å². The summed E-state index contributed by atoms with van der Waals surface area (Å²) in [5.41, 5.74) is 6.34. The standard InChI is InChI=1S/C19H21NO/c1-13-5-6-15(3)18(11-13)19(21)9-10-20-17-8-7-14(2)16(4)12-17/h5-12,20H,1-4H3/b10-9+. The molecule has 2 nitrogen and oxygen atoms in total. The maximum Gasteiger partial charge on any atom is 0.187 e. The van der Waals surface area contributed by atoms with Crippen molar-refractivity contribution >= 4 is 11.5 Å². The van der Waals surface area contributed by atoms with E-state index in [0.29, 0.717) is 0 Å². The molecule has 0 unspecified atom stereocenters. The number of carbonyl (C=O) groups excluding carboxylic acids is 1. The van der Waals surface area contributed by atoms with Crippen molar-refractivity contribution in [3.05, 3.63) is 76.5 Å². The molecule has 108 valence electrons. The van der Waals surface area contributed by atoms with Crippen LogP contribution in [0.3, 0.4) is 0 Å². The molecule has 0 fully saturated rings. The predicted molar refractivity (Wildman–Crippen MR) is 88.9 cm³/mol. The van der Waals surface area contributed by atoms with Gasteiger partial charge in [0.05, 0.1) is 0 Å². The monoisotopic (exact) mass is 279 g/mol. The van der Waals surface area contributed by atoms with Gasteiger partial charge in [0.15, 0.2) is 5.78 Å². The van der Waals surface area contributed by atoms with E-state index >= 15 is 0 Å². The van der Waals surface area contributed by atoms with Crippen molar-refractivity contribution < 1.29 is 4.79 Å². The number of nitrogens with one attached hydrogen (secondary N) is 1. The summed E-state index contributed by atoms with van der Waals surface area (Å²) in [6, 6.07) is 12.1. The fourth-order valence-electron chi connectivity index (χ4n) is 2.14. The summed E-state index contributed by atoms with van der Waals surface area (Å²) in [6.45, 7) is 8.11. The molecule has 0 atom stereocenters. The molecule has 2 heteroatoms. The minimum absolute atomic E-state index is 0.0209. The summed E-state index contributed by atoms with van der Waals surface area (Å²) in [4.78, 5) is 12.2. The highest BCUT2D eigenvalue weighted by atomic mass is 16.1. The number of hydrogen-bond acceptors (Lipinski definition) is 2. The summed E-state index contributed by atoms with van der Waals surface area (Å²) in [7, 11) is 0. The highest BCUT2D eigenvalue weighted by molar-refractivity contribution is 6.05. The molecule has 0 heterocycles. The first-order chi connectivity index (χ1) is 9.97. The van der Waals surface area contributed by atoms with Gasteiger partial charge in [0, 0.05) is 23.5 Å². The molecule has 2 aromatic rings. The Hall–Kier alpha value is -2.35. The number of anilines is 1. The topological polar surface area (TPSA) is 29.1 Å². The predicted octanol–water partition coefficient (Wildman–Crippen LogP) is 4.73. The van der Waals surface area contributed by atoms with Gasteiger partial charge in [-0.3, -0.25) is 4.79 Å². The lowest BCUT2D eigenvalue weighted by molar-refractivity contribution is 0.104. The third kappa shape index (κ3) is 3.82. The van der Waals surface area contributed by atoms with E-state index in [1.54, 1.807) is 12.3 Å². The first-order valence-corrected chi connectivity index (χ1v) is 7.09. The van der Waals surface area contributed by atoms with E-state index in [-0.39, 0.29) is 5.78 Å². The van der Waals surface area contributed by atoms with Crippen LogP contribution in [0, 0.1) is 27.7 Å². The van der Waals surface area contributed by atoms with Crippen LogP contribution in [0.25, 0.3) is 0 Å². The van der Waals surface area contributed by atoms with Gasteiger partial charge < -0.3 is 5.32 Å². The van der Waals surface area contributed by atoms with E-state index in [4.69, 9.17) is 0 Å². The molecule has 0 spiro atoms. The first-order valence-electron chi connectivity index (χ1n) is 7.09. The molecular weight excluding hydrogens is 258 g/mol. The number of ketones is 1. The highest BCUT2D eigenvalue weighted by Gasteiger charge is 2.05. The van der Waals surface area contributed by atoms with Crippen molar-refractivity contribution in [3.63, 3.8) is 0 Å². The van der Waals surface area contributed by atoms with Crippen molar-refractivity contribution in [1.82, 2.24) is 0 Å². The molecule has 21 heavy (non-hydrogen) atoms. The Kier molecular flexibility index (Phi) is 4.59. The van der Waals surface area contributed by atoms with Crippen LogP contribution >= 0.6 is 0 Å². The zero-order valence-electron chi connectivity index (χ0n) is 13.0. The number of benzene rings is 2. The smallest absolute Gasteiger partial charge is 0.187 e. The van der Waals surface area contributed by atoms with Crippen LogP contribution in [0.4, 0.5) is 5.69 Å². The highest BCUT2D eigenvalue weighted by Crippen LogP contribution is 2.15. The number of rotatable bonds is 4. The molecule has 2 rings (SSSR count). The fourth-order valence-corrected chi connectivity index (χ4v) is 2.14. The molecule has 0 bridgehead atoms. The van der Waals surface area contributed by atoms with Crippen LogP contribution in [0.1, 0.15) is 32.6 Å². The van der Waals surface area contributed by atoms with Crippen LogP contribution < -0.4 is 5.32 Å². The van der Waals surface area contributed by atoms with Gasteiger partial charge in [-0.15, -0.1) is 0 Å². The Morgan fingerprint density at radius 1 is 0.905 bits per heavy atom. The molecule has 0 saturated carbocycles. The molecule has 0 aliphatic carbocycles. The van der Waals surface area contributed by atoms with E-state index in [2.05, 4.69) is 31.3 Å². The lowest BCUT2D eigenvalue weighted by Gasteiger charge is -2.05. The van der Waals surface area contributed by atoms with Crippen LogP contribution in [-0.4, -0.2) is 5.78 Å². The lowest BCUT2D eigenvalue weighted by atomic mass is 10.0. The van der Waals surface area contributed by atoms with E-state index in [1.165, 1.54) is 11.1 Å². The van der Waals surface area contributed by atoms with Crippen molar-refractivity contribution in [1.29, 1.82) is 0 Å². The Balaban J connectivity index is 2.08. The quantitative estimate of drug-likeness (QED) is 0.647. The molecule has 0 radical (unpaired) electrons. The van der Waals surface area contributed by atoms with Crippen LogP contribution in [-0.2, 0) is 0 Å². The molecule has 0 aliphatic heterocycles. The molecule has 0 aliphatic rings. The Morgan fingerprint density at radius 2 is 1.62 bits per heavy atom. The van der Waals surface area contributed by atoms with Crippen molar-refractivity contribution in [3.8, 4) is 0 Å². The van der Waals surface area contributed by atoms with Gasteiger partial charge >= 0.3 is 0 Å². The van der Waals surface area contributed by atoms with E-state index in [0.717, 1.165) is 22.4 Å². The number of allylic oxidation sites excluding steroid dienone is 1. The fraction of sp³-hybridized carbons (Fsp3) is 0.211. The van der Waals surface area contributed by atoms with Gasteiger partial charge in [-0.25, -0.2) is 0 Å². The first kappa shape index (κ1) is 15.0. The molecular formula is C19H21NO. The van der Waals surface area contributed by atoms with Crippen LogP contribution in [0.2, 0.25) is 0 Å². The second-order valence-electron chi connectivity index (χ2n) is 5.46. The molecule has 1 N–H and O–H groups in total. The molecule has 2 aromatic carbocycles. The number of hydrogen-bond donors (Lipinski definition) is 1. The summed E-state index contributed by atoms with van der Waals surface area (Å²) in [5.74, 6) is 0.0209. The molecule has 0 saturated heterocycles. The zero-order chi connectivity index (χ0) is 15.4. The van der Waals surface area contributed by atoms with E-state index in [9.17, 15) is 4.79 Å². The van der Waals surface area contributed by atoms with Crippen molar-refractivity contribution in [2.24, 2.45) is 0 Å². The second-order valence-corrected chi connectivity index (χ2v) is 5.46. The summed E-state index contributed by atoms with van der Waals surface area (Å²) < 4.78 is 0. The third-order valence-corrected chi connectivity index (χ3v) is 3.65. The van der Waals surface area contributed by atoms with Gasteiger partial charge in [-0.1, -0.05) is 23.8 Å². The Labute approximate surface area is 126 Å². The van der Waals surface area contributed by atoms with Gasteiger partial charge in [0.25, 0.3) is 0 Å². The van der Waals surface area contributed by atoms with Gasteiger partial charge in [-0.2, -0.15) is 0 Å². The number of aryl methyl sites for hydroxylation is 4. The molecule has 0 aromatic heterocycles. The average molecular weight is 279 g/mol. The Morgan fingerprint density at radius 3 is 2.33 bits per heavy atom. The van der Waals surface area contributed by atoms with Gasteiger partial charge in [0.1, 0.15) is 0 Å². The van der Waals surface area contributed by atoms with E-state index in [1.807, 2.05) is 38.1 Å². The largest absolute Gasteiger partial charge is 0.362 e. The molecule has 0 amide bonds. The number of carbonyl (C=O) groups is 1. The van der Waals surface area contributed by atoms with Gasteiger partial charge in [0.2, 0.25) is 0 Å². The van der Waals surface area contributed by atoms with E-state index < -0.39 is 0 Å². The summed E-state index contributed by atoms with van der Waals surface area (Å²) in [6.07, 6.45) is 3.28.